The van der Waals surface area contributed by atoms with Crippen LogP contribution in [0.5, 0.6) is 0 Å². The van der Waals surface area contributed by atoms with E-state index in [0.29, 0.717) is 0 Å². The number of nitrogens with one attached hydrogen (secondary N) is 1. The van der Waals surface area contributed by atoms with Crippen LogP contribution in [0, 0.1) is 0 Å². The van der Waals surface area contributed by atoms with Gasteiger partial charge in [0.2, 0.25) is 0 Å². The number of rotatable bonds is 6. The number of amides is 2. The number of aliphatic imine (C=N–C) groups is 1. The Kier molecular flexibility index (Phi) is 8.59. The minimum absolute atomic E-state index is 0.0208. The van der Waals surface area contributed by atoms with Crippen LogP contribution in [0.2, 0.25) is 0 Å². The Morgan fingerprint density at radius 1 is 1.08 bits per heavy atom. The van der Waals surface area contributed by atoms with Crippen LogP contribution in [0.25, 0.3) is 0 Å². The summed E-state index contributed by atoms with van der Waals surface area (Å²) in [5, 5.41) is 2.56. The third-order valence-corrected chi connectivity index (χ3v) is 2.66. The Hall–Kier alpha value is -2.12. The van der Waals surface area contributed by atoms with E-state index >= 15 is 0 Å². The Balaban J connectivity index is 4.98. The molecule has 0 spiro atoms. The molecule has 0 aromatic carbocycles. The molecule has 0 fully saturated rings. The van der Waals surface area contributed by atoms with E-state index in [1.54, 1.807) is 41.5 Å². The summed E-state index contributed by atoms with van der Waals surface area (Å²) in [7, 11) is 3.03. The fourth-order valence-corrected chi connectivity index (χ4v) is 1.75. The molecule has 0 radical (unpaired) electrons. The molecule has 144 valence electrons. The predicted octanol–water partition coefficient (Wildman–Crippen LogP) is 2.12. The lowest BCUT2D eigenvalue weighted by Crippen LogP contribution is -2.48. The van der Waals surface area contributed by atoms with Crippen LogP contribution in [0.1, 0.15) is 54.4 Å². The summed E-state index contributed by atoms with van der Waals surface area (Å²) in [6, 6.07) is -1.49. The lowest BCUT2D eigenvalue weighted by molar-refractivity contribution is -0.158. The van der Waals surface area contributed by atoms with Crippen molar-refractivity contribution in [3.8, 4) is 0 Å². The number of nitrogens with zero attached hydrogens (tertiary/aromatic N) is 2. The first-order chi connectivity index (χ1) is 11.2. The zero-order valence-corrected chi connectivity index (χ0v) is 16.5. The molecule has 0 saturated carbocycles. The third-order valence-electron chi connectivity index (χ3n) is 2.66. The molecule has 0 aliphatic carbocycles. The summed E-state index contributed by atoms with van der Waals surface area (Å²) in [5.41, 5.74) is -1.32. The molecular formula is C17H31N3O5. The van der Waals surface area contributed by atoms with Gasteiger partial charge in [0, 0.05) is 20.5 Å². The quantitative estimate of drug-likeness (QED) is 0.446. The fourth-order valence-electron chi connectivity index (χ4n) is 1.75. The Morgan fingerprint density at radius 2 is 1.60 bits per heavy atom. The van der Waals surface area contributed by atoms with Crippen molar-refractivity contribution < 1.29 is 23.9 Å². The van der Waals surface area contributed by atoms with Crippen LogP contribution >= 0.6 is 0 Å². The molecule has 0 unspecified atom stereocenters. The maximum Gasteiger partial charge on any atom is 0.329 e. The van der Waals surface area contributed by atoms with E-state index in [1.165, 1.54) is 25.3 Å². The molecule has 2 amide bonds. The van der Waals surface area contributed by atoms with E-state index in [-0.39, 0.29) is 12.8 Å². The van der Waals surface area contributed by atoms with E-state index in [0.717, 1.165) is 0 Å². The summed E-state index contributed by atoms with van der Waals surface area (Å²) in [5.74, 6) is -1.05. The van der Waals surface area contributed by atoms with Crippen molar-refractivity contribution in [2.24, 2.45) is 4.99 Å². The van der Waals surface area contributed by atoms with Crippen LogP contribution in [0.3, 0.4) is 0 Å². The van der Waals surface area contributed by atoms with Crippen molar-refractivity contribution in [1.82, 2.24) is 10.2 Å². The van der Waals surface area contributed by atoms with E-state index in [4.69, 9.17) is 9.47 Å². The second kappa shape index (κ2) is 9.39. The monoisotopic (exact) mass is 357 g/mol. The molecule has 8 nitrogen and oxygen atoms in total. The minimum Gasteiger partial charge on any atom is -0.460 e. The smallest absolute Gasteiger partial charge is 0.329 e. The van der Waals surface area contributed by atoms with Gasteiger partial charge < -0.3 is 14.8 Å². The van der Waals surface area contributed by atoms with Gasteiger partial charge >= 0.3 is 18.0 Å². The summed E-state index contributed by atoms with van der Waals surface area (Å²) < 4.78 is 10.5. The lowest BCUT2D eigenvalue weighted by atomic mass is 10.1. The average Bonchev–Trinajstić information content (AvgIpc) is 2.39. The van der Waals surface area contributed by atoms with Crippen LogP contribution in [-0.4, -0.2) is 60.5 Å². The van der Waals surface area contributed by atoms with Gasteiger partial charge in [-0.05, 0) is 48.0 Å². The topological polar surface area (TPSA) is 97.3 Å². The van der Waals surface area contributed by atoms with Gasteiger partial charge in [-0.25, -0.2) is 9.59 Å². The second-order valence-electron chi connectivity index (χ2n) is 7.65. The van der Waals surface area contributed by atoms with Crippen molar-refractivity contribution in [1.29, 1.82) is 0 Å². The van der Waals surface area contributed by atoms with E-state index in [9.17, 15) is 14.4 Å². The van der Waals surface area contributed by atoms with Crippen molar-refractivity contribution in [3.63, 3.8) is 0 Å². The highest BCUT2D eigenvalue weighted by molar-refractivity contribution is 5.89. The van der Waals surface area contributed by atoms with E-state index in [2.05, 4.69) is 10.3 Å². The van der Waals surface area contributed by atoms with Gasteiger partial charge in [0.25, 0.3) is 0 Å². The van der Waals surface area contributed by atoms with Crippen molar-refractivity contribution in [3.05, 3.63) is 0 Å². The van der Waals surface area contributed by atoms with Crippen LogP contribution in [-0.2, 0) is 19.1 Å². The van der Waals surface area contributed by atoms with Crippen molar-refractivity contribution in [2.45, 2.75) is 71.6 Å². The molecule has 0 aromatic heterocycles. The molecule has 8 heteroatoms. The number of hydrogen-bond donors (Lipinski definition) is 1. The number of ether oxygens (including phenoxy) is 2. The fraction of sp³-hybridized carbons (Fsp3) is 0.765. The van der Waals surface area contributed by atoms with Gasteiger partial charge in [-0.2, -0.15) is 0 Å². The normalized spacial score (nSPS) is 13.3. The molecule has 25 heavy (non-hydrogen) atoms. The Labute approximate surface area is 149 Å². The molecule has 0 aliphatic heterocycles. The molecule has 0 rings (SSSR count). The zero-order valence-electron chi connectivity index (χ0n) is 16.5. The third kappa shape index (κ3) is 11.1. The Bertz CT molecular complexity index is 503. The zero-order chi connectivity index (χ0) is 19.8. The summed E-state index contributed by atoms with van der Waals surface area (Å²) in [6.07, 6.45) is 1.37. The van der Waals surface area contributed by atoms with Crippen molar-refractivity contribution >= 4 is 24.3 Å². The first kappa shape index (κ1) is 22.9. The molecule has 0 saturated heterocycles. The number of carbonyl (C=O) groups excluding carboxylic acids is 3. The van der Waals surface area contributed by atoms with Crippen molar-refractivity contribution in [2.75, 3.05) is 14.1 Å². The summed E-state index contributed by atoms with van der Waals surface area (Å²) in [6.45, 7) is 10.5. The number of urea groups is 1. The molecule has 0 heterocycles. The first-order valence-corrected chi connectivity index (χ1v) is 8.15. The standard InChI is InChI=1S/C17H31N3O5/c1-16(2,3)24-13(21)10-9-12(14(22)25-17(4,5)6)19-15(23)20(8)11-18-7/h11-12H,9-10H2,1-8H3,(H,19,23)/t12-/m1/s1. The number of esters is 2. The predicted molar refractivity (Wildman–Crippen MR) is 95.4 cm³/mol. The van der Waals surface area contributed by atoms with Crippen LogP contribution in [0.4, 0.5) is 4.79 Å². The molecule has 0 aromatic rings. The van der Waals surface area contributed by atoms with Crippen LogP contribution in [0.15, 0.2) is 4.99 Å². The van der Waals surface area contributed by atoms with Gasteiger partial charge in [-0.15, -0.1) is 0 Å². The van der Waals surface area contributed by atoms with Gasteiger partial charge in [-0.3, -0.25) is 14.7 Å². The maximum atomic E-state index is 12.3. The van der Waals surface area contributed by atoms with Crippen LogP contribution < -0.4 is 5.32 Å². The van der Waals surface area contributed by atoms with Gasteiger partial charge in [-0.1, -0.05) is 0 Å². The Morgan fingerprint density at radius 3 is 2.04 bits per heavy atom. The van der Waals surface area contributed by atoms with E-state index < -0.39 is 35.2 Å². The minimum atomic E-state index is -0.966. The lowest BCUT2D eigenvalue weighted by Gasteiger charge is -2.26. The summed E-state index contributed by atoms with van der Waals surface area (Å²) in [4.78, 5) is 41.2. The molecule has 0 aliphatic rings. The highest BCUT2D eigenvalue weighted by Crippen LogP contribution is 2.13. The molecule has 0 bridgehead atoms. The number of hydrogen-bond acceptors (Lipinski definition) is 6. The summed E-state index contributed by atoms with van der Waals surface area (Å²) >= 11 is 0. The second-order valence-corrected chi connectivity index (χ2v) is 7.65. The first-order valence-electron chi connectivity index (χ1n) is 8.15. The van der Waals surface area contributed by atoms with Gasteiger partial charge in [0.05, 0.1) is 6.34 Å². The average molecular weight is 357 g/mol. The number of carbonyl (C=O) groups is 3. The molecule has 1 N–H and O–H groups in total. The van der Waals surface area contributed by atoms with Gasteiger partial charge in [0.1, 0.15) is 17.2 Å². The highest BCUT2D eigenvalue weighted by Gasteiger charge is 2.28. The SMILES string of the molecule is CN=CN(C)C(=O)N[C@H](CCC(=O)OC(C)(C)C)C(=O)OC(C)(C)C. The maximum absolute atomic E-state index is 12.3. The van der Waals surface area contributed by atoms with Gasteiger partial charge in [0.15, 0.2) is 0 Å². The highest BCUT2D eigenvalue weighted by atomic mass is 16.6. The molecular weight excluding hydrogens is 326 g/mol. The largest absolute Gasteiger partial charge is 0.460 e. The van der Waals surface area contributed by atoms with E-state index in [1.807, 2.05) is 0 Å². The molecule has 1 atom stereocenters.